The fourth-order valence-corrected chi connectivity index (χ4v) is 3.05. The Kier molecular flexibility index (Phi) is 7.11. The van der Waals surface area contributed by atoms with Crippen LogP contribution in [0, 0.1) is 0 Å². The van der Waals surface area contributed by atoms with E-state index in [1.165, 1.54) is 6.20 Å². The Morgan fingerprint density at radius 3 is 2.24 bits per heavy atom. The maximum Gasteiger partial charge on any atom is 0.272 e. The molecule has 2 amide bonds. The van der Waals surface area contributed by atoms with Crippen molar-refractivity contribution in [2.24, 2.45) is 0 Å². The Morgan fingerprint density at radius 2 is 1.59 bits per heavy atom. The van der Waals surface area contributed by atoms with Crippen molar-refractivity contribution in [1.82, 2.24) is 15.2 Å². The summed E-state index contributed by atoms with van der Waals surface area (Å²) in [7, 11) is 0. The zero-order chi connectivity index (χ0) is 20.5. The van der Waals surface area contributed by atoms with Crippen LogP contribution in [0.4, 0.5) is 0 Å². The largest absolute Gasteiger partial charge is 0.352 e. The minimum Gasteiger partial charge on any atom is -0.352 e. The van der Waals surface area contributed by atoms with Gasteiger partial charge < -0.3 is 10.2 Å². The summed E-state index contributed by atoms with van der Waals surface area (Å²) in [5.74, 6) is -0.390. The fraction of sp³-hybridized carbons (Fsp3) is 0.208. The molecule has 0 bridgehead atoms. The first-order valence-corrected chi connectivity index (χ1v) is 9.78. The minimum atomic E-state index is -0.205. The highest BCUT2D eigenvalue weighted by atomic mass is 16.2. The summed E-state index contributed by atoms with van der Waals surface area (Å²) in [6, 6.07) is 23.0. The maximum atomic E-state index is 12.9. The number of rotatable bonds is 8. The van der Waals surface area contributed by atoms with E-state index in [-0.39, 0.29) is 17.5 Å². The van der Waals surface area contributed by atoms with Crippen molar-refractivity contribution in [2.75, 3.05) is 13.1 Å². The average molecular weight is 387 g/mol. The van der Waals surface area contributed by atoms with Gasteiger partial charge in [-0.05, 0) is 36.6 Å². The highest BCUT2D eigenvalue weighted by molar-refractivity contribution is 5.98. The van der Waals surface area contributed by atoms with Gasteiger partial charge in [0.25, 0.3) is 11.8 Å². The van der Waals surface area contributed by atoms with E-state index in [9.17, 15) is 9.59 Å². The molecule has 0 atom stereocenters. The van der Waals surface area contributed by atoms with Crippen LogP contribution in [0.15, 0.2) is 79.0 Å². The van der Waals surface area contributed by atoms with Crippen LogP contribution in [0.3, 0.4) is 0 Å². The molecule has 0 aliphatic rings. The molecule has 0 aliphatic heterocycles. The molecule has 29 heavy (non-hydrogen) atoms. The van der Waals surface area contributed by atoms with Crippen molar-refractivity contribution >= 4 is 11.8 Å². The van der Waals surface area contributed by atoms with Crippen molar-refractivity contribution in [3.63, 3.8) is 0 Å². The third-order valence-corrected chi connectivity index (χ3v) is 4.67. The molecule has 1 aromatic heterocycles. The standard InChI is InChI=1S/C24H25N3O2/c1-2-27(18-20-11-7-4-8-12-20)24(29)22-17-21(14-16-25-22)23(28)26-15-13-19-9-5-3-6-10-19/h3-12,14,16-17H,2,13,15,18H2,1H3,(H,26,28). The van der Waals surface area contributed by atoms with Crippen molar-refractivity contribution in [2.45, 2.75) is 19.9 Å². The van der Waals surface area contributed by atoms with Gasteiger partial charge in [0.15, 0.2) is 0 Å². The fourth-order valence-electron chi connectivity index (χ4n) is 3.05. The molecular formula is C24H25N3O2. The molecule has 0 saturated heterocycles. The van der Waals surface area contributed by atoms with Gasteiger partial charge in [0.05, 0.1) is 0 Å². The van der Waals surface area contributed by atoms with Crippen molar-refractivity contribution in [1.29, 1.82) is 0 Å². The van der Waals surface area contributed by atoms with E-state index in [0.717, 1.165) is 17.5 Å². The first-order valence-electron chi connectivity index (χ1n) is 9.78. The number of hydrogen-bond donors (Lipinski definition) is 1. The Bertz CT molecular complexity index is 943. The van der Waals surface area contributed by atoms with Crippen LogP contribution >= 0.6 is 0 Å². The van der Waals surface area contributed by atoms with Crippen LogP contribution in [-0.4, -0.2) is 34.8 Å². The zero-order valence-corrected chi connectivity index (χ0v) is 16.5. The van der Waals surface area contributed by atoms with Crippen molar-refractivity contribution in [3.8, 4) is 0 Å². The molecule has 0 aliphatic carbocycles. The predicted molar refractivity (Wildman–Crippen MR) is 114 cm³/mol. The maximum absolute atomic E-state index is 12.9. The van der Waals surface area contributed by atoms with E-state index >= 15 is 0 Å². The van der Waals surface area contributed by atoms with Gasteiger partial charge in [-0.25, -0.2) is 0 Å². The average Bonchev–Trinajstić information content (AvgIpc) is 2.78. The molecule has 0 fully saturated rings. The van der Waals surface area contributed by atoms with Gasteiger partial charge in [0, 0.05) is 31.4 Å². The number of aromatic nitrogens is 1. The lowest BCUT2D eigenvalue weighted by atomic mass is 10.1. The molecular weight excluding hydrogens is 362 g/mol. The summed E-state index contributed by atoms with van der Waals surface area (Å²) in [6.45, 7) is 3.53. The number of benzene rings is 2. The first-order chi connectivity index (χ1) is 14.2. The van der Waals surface area contributed by atoms with Crippen molar-refractivity contribution < 1.29 is 9.59 Å². The van der Waals surface area contributed by atoms with Gasteiger partial charge in [-0.1, -0.05) is 60.7 Å². The molecule has 2 aromatic carbocycles. The Labute approximate surface area is 171 Å². The first kappa shape index (κ1) is 20.3. The number of carbonyl (C=O) groups is 2. The van der Waals surface area contributed by atoms with Crippen LogP contribution in [-0.2, 0) is 13.0 Å². The van der Waals surface area contributed by atoms with E-state index in [1.54, 1.807) is 17.0 Å². The van der Waals surface area contributed by atoms with E-state index < -0.39 is 0 Å². The SMILES string of the molecule is CCN(Cc1ccccc1)C(=O)c1cc(C(=O)NCCc2ccccc2)ccn1. The number of hydrogen-bond acceptors (Lipinski definition) is 3. The van der Waals surface area contributed by atoms with Crippen molar-refractivity contribution in [3.05, 3.63) is 101 Å². The van der Waals surface area contributed by atoms with E-state index in [4.69, 9.17) is 0 Å². The lowest BCUT2D eigenvalue weighted by Crippen LogP contribution is -2.31. The molecule has 148 valence electrons. The van der Waals surface area contributed by atoms with E-state index in [1.807, 2.05) is 67.6 Å². The third kappa shape index (κ3) is 5.75. The smallest absolute Gasteiger partial charge is 0.272 e. The quantitative estimate of drug-likeness (QED) is 0.641. The van der Waals surface area contributed by atoms with E-state index in [0.29, 0.717) is 25.2 Å². The second-order valence-corrected chi connectivity index (χ2v) is 6.73. The van der Waals surface area contributed by atoms with Gasteiger partial charge in [-0.2, -0.15) is 0 Å². The van der Waals surface area contributed by atoms with Gasteiger partial charge in [-0.15, -0.1) is 0 Å². The lowest BCUT2D eigenvalue weighted by molar-refractivity contribution is 0.0746. The Morgan fingerprint density at radius 1 is 0.931 bits per heavy atom. The van der Waals surface area contributed by atoms with Gasteiger partial charge >= 0.3 is 0 Å². The summed E-state index contributed by atoms with van der Waals surface area (Å²) >= 11 is 0. The summed E-state index contributed by atoms with van der Waals surface area (Å²) in [6.07, 6.45) is 2.26. The zero-order valence-electron chi connectivity index (χ0n) is 16.5. The number of nitrogens with zero attached hydrogens (tertiary/aromatic N) is 2. The van der Waals surface area contributed by atoms with Crippen LogP contribution < -0.4 is 5.32 Å². The predicted octanol–water partition coefficient (Wildman–Crippen LogP) is 3.72. The number of amides is 2. The normalized spacial score (nSPS) is 10.4. The number of carbonyl (C=O) groups excluding carboxylic acids is 2. The van der Waals surface area contributed by atoms with Crippen LogP contribution in [0.2, 0.25) is 0 Å². The highest BCUT2D eigenvalue weighted by Crippen LogP contribution is 2.10. The Hall–Kier alpha value is -3.47. The molecule has 3 rings (SSSR count). The summed E-state index contributed by atoms with van der Waals surface area (Å²) < 4.78 is 0. The monoisotopic (exact) mass is 387 g/mol. The lowest BCUT2D eigenvalue weighted by Gasteiger charge is -2.20. The molecule has 0 saturated carbocycles. The van der Waals surface area contributed by atoms with Crippen LogP contribution in [0.1, 0.15) is 38.9 Å². The second-order valence-electron chi connectivity index (χ2n) is 6.73. The molecule has 5 heteroatoms. The minimum absolute atomic E-state index is 0.185. The Balaban J connectivity index is 1.62. The molecule has 5 nitrogen and oxygen atoms in total. The molecule has 3 aromatic rings. The molecule has 0 radical (unpaired) electrons. The molecule has 1 heterocycles. The van der Waals surface area contributed by atoms with Gasteiger partial charge in [0.1, 0.15) is 5.69 Å². The molecule has 0 unspecified atom stereocenters. The molecule has 0 spiro atoms. The van der Waals surface area contributed by atoms with Gasteiger partial charge in [0.2, 0.25) is 0 Å². The summed E-state index contributed by atoms with van der Waals surface area (Å²) in [5.41, 5.74) is 2.93. The number of pyridine rings is 1. The summed E-state index contributed by atoms with van der Waals surface area (Å²) in [4.78, 5) is 31.3. The third-order valence-electron chi connectivity index (χ3n) is 4.67. The highest BCUT2D eigenvalue weighted by Gasteiger charge is 2.17. The van der Waals surface area contributed by atoms with Gasteiger partial charge in [-0.3, -0.25) is 14.6 Å². The number of nitrogens with one attached hydrogen (secondary N) is 1. The second kappa shape index (κ2) is 10.2. The molecule has 1 N–H and O–H groups in total. The summed E-state index contributed by atoms with van der Waals surface area (Å²) in [5, 5.41) is 2.91. The van der Waals surface area contributed by atoms with Crippen LogP contribution in [0.5, 0.6) is 0 Å². The van der Waals surface area contributed by atoms with Crippen LogP contribution in [0.25, 0.3) is 0 Å². The topological polar surface area (TPSA) is 62.3 Å². The van der Waals surface area contributed by atoms with E-state index in [2.05, 4.69) is 10.3 Å².